The first-order chi connectivity index (χ1) is 14.5. The van der Waals surface area contributed by atoms with Gasteiger partial charge in [-0.1, -0.05) is 0 Å². The number of aromatic nitrogens is 3. The number of alkyl halides is 5. The van der Waals surface area contributed by atoms with E-state index in [0.717, 1.165) is 17.0 Å². The molecule has 0 aliphatic rings. The van der Waals surface area contributed by atoms with E-state index in [0.29, 0.717) is 22.8 Å². The van der Waals surface area contributed by atoms with Gasteiger partial charge in [-0.2, -0.15) is 22.0 Å². The van der Waals surface area contributed by atoms with Gasteiger partial charge in [0.1, 0.15) is 12.1 Å². The molecule has 1 aromatic heterocycles. The van der Waals surface area contributed by atoms with E-state index in [1.807, 2.05) is 0 Å². The number of carboxylic acid groups (broad SMARTS) is 1. The normalized spacial score (nSPS) is 11.9. The van der Waals surface area contributed by atoms with Crippen LogP contribution in [0, 0.1) is 0 Å². The number of hydrogen-bond acceptors (Lipinski definition) is 4. The lowest BCUT2D eigenvalue weighted by atomic mass is 10.2. The van der Waals surface area contributed by atoms with Crippen LogP contribution in [0.15, 0.2) is 54.9 Å². The summed E-state index contributed by atoms with van der Waals surface area (Å²) >= 11 is 0. The highest BCUT2D eigenvalue weighted by molar-refractivity contribution is 5.86. The van der Waals surface area contributed by atoms with Crippen LogP contribution in [0.2, 0.25) is 0 Å². The number of nitrogens with zero attached hydrogens (tertiary/aromatic N) is 4. The Kier molecular flexibility index (Phi) is 5.82. The van der Waals surface area contributed by atoms with Gasteiger partial charge in [0.15, 0.2) is 5.82 Å². The average molecular weight is 442 g/mol. The topological polar surface area (TPSA) is 80.5 Å². The Balaban J connectivity index is 1.76. The van der Waals surface area contributed by atoms with Crippen LogP contribution in [0.1, 0.15) is 6.92 Å². The summed E-state index contributed by atoms with van der Waals surface area (Å²) in [5.41, 5.74) is 1.42. The van der Waals surface area contributed by atoms with Crippen LogP contribution < -0.4 is 9.64 Å². The van der Waals surface area contributed by atoms with Crippen molar-refractivity contribution in [3.05, 3.63) is 54.9 Å². The lowest BCUT2D eigenvalue weighted by Crippen LogP contribution is -2.41. The zero-order valence-electron chi connectivity index (χ0n) is 15.8. The number of halogens is 5. The number of rotatable bonds is 6. The Morgan fingerprint density at radius 3 is 2.19 bits per heavy atom. The Hall–Kier alpha value is -3.70. The average Bonchev–Trinajstić information content (AvgIpc) is 3.18. The molecule has 0 bridgehead atoms. The number of anilines is 1. The van der Waals surface area contributed by atoms with Crippen LogP contribution in [0.3, 0.4) is 0 Å². The van der Waals surface area contributed by atoms with Gasteiger partial charge < -0.3 is 9.84 Å². The zero-order chi connectivity index (χ0) is 22.8. The molecule has 164 valence electrons. The molecule has 0 saturated carbocycles. The van der Waals surface area contributed by atoms with Crippen LogP contribution in [0.5, 0.6) is 5.75 Å². The first-order valence-electron chi connectivity index (χ1n) is 8.78. The number of benzene rings is 2. The molecule has 31 heavy (non-hydrogen) atoms. The van der Waals surface area contributed by atoms with Crippen LogP contribution in [-0.4, -0.2) is 44.8 Å². The molecule has 0 unspecified atom stereocenters. The molecule has 3 aromatic rings. The van der Waals surface area contributed by atoms with Gasteiger partial charge in [-0.3, -0.25) is 4.90 Å². The summed E-state index contributed by atoms with van der Waals surface area (Å²) in [5.74, 6) is -0.366. The second-order valence-corrected chi connectivity index (χ2v) is 6.20. The third-order valence-electron chi connectivity index (χ3n) is 4.15. The molecular weight excluding hydrogens is 427 g/mol. The smallest absolute Gasteiger partial charge is 0.465 e. The molecule has 1 amide bonds. The number of ether oxygens (including phenoxy) is 1. The summed E-state index contributed by atoms with van der Waals surface area (Å²) in [5, 5.41) is 13.4. The predicted octanol–water partition coefficient (Wildman–Crippen LogP) is 4.97. The van der Waals surface area contributed by atoms with E-state index < -0.39 is 24.1 Å². The highest BCUT2D eigenvalue weighted by Gasteiger charge is 2.61. The maximum Gasteiger partial charge on any atom is 0.499 e. The van der Waals surface area contributed by atoms with Crippen molar-refractivity contribution in [3.8, 4) is 22.8 Å². The van der Waals surface area contributed by atoms with Crippen molar-refractivity contribution in [2.45, 2.75) is 19.2 Å². The number of carbonyl (C=O) groups is 1. The molecule has 0 radical (unpaired) electrons. The second-order valence-electron chi connectivity index (χ2n) is 6.20. The maximum absolute atomic E-state index is 13.0. The Morgan fingerprint density at radius 2 is 1.68 bits per heavy atom. The number of hydrogen-bond donors (Lipinski definition) is 1. The van der Waals surface area contributed by atoms with Crippen molar-refractivity contribution in [1.82, 2.24) is 14.8 Å². The van der Waals surface area contributed by atoms with Gasteiger partial charge in [0, 0.05) is 17.8 Å². The van der Waals surface area contributed by atoms with Crippen molar-refractivity contribution in [2.24, 2.45) is 0 Å². The Bertz CT molecular complexity index is 1050. The van der Waals surface area contributed by atoms with E-state index in [4.69, 9.17) is 5.11 Å². The Morgan fingerprint density at radius 1 is 1.06 bits per heavy atom. The standard InChI is InChI=1S/C19H15F5N4O3/c1-2-27(17(29)30)13-5-3-12(4-6-13)16-25-11-28(26-16)14-7-9-15(10-8-14)31-19(23,24)18(20,21)22/h3-11H,2H2,1H3,(H,29,30). The molecule has 0 aliphatic carbocycles. The summed E-state index contributed by atoms with van der Waals surface area (Å²) in [6.45, 7) is 1.97. The molecule has 2 aromatic carbocycles. The minimum Gasteiger partial charge on any atom is -0.465 e. The van der Waals surface area contributed by atoms with E-state index in [1.54, 1.807) is 31.2 Å². The second kappa shape index (κ2) is 8.20. The molecule has 0 fully saturated rings. The van der Waals surface area contributed by atoms with Gasteiger partial charge in [-0.25, -0.2) is 14.5 Å². The van der Waals surface area contributed by atoms with E-state index >= 15 is 0 Å². The van der Waals surface area contributed by atoms with E-state index in [-0.39, 0.29) is 6.54 Å². The highest BCUT2D eigenvalue weighted by Crippen LogP contribution is 2.37. The molecule has 1 N–H and O–H groups in total. The summed E-state index contributed by atoms with van der Waals surface area (Å²) in [7, 11) is 0. The fourth-order valence-electron chi connectivity index (χ4n) is 2.61. The third-order valence-corrected chi connectivity index (χ3v) is 4.15. The zero-order valence-corrected chi connectivity index (χ0v) is 15.8. The molecule has 0 atom stereocenters. The molecule has 12 heteroatoms. The summed E-state index contributed by atoms with van der Waals surface area (Å²) in [6, 6.07) is 10.9. The molecule has 0 spiro atoms. The number of amides is 1. The summed E-state index contributed by atoms with van der Waals surface area (Å²) in [6.07, 6.45) is -10.9. The lowest BCUT2D eigenvalue weighted by Gasteiger charge is -2.20. The van der Waals surface area contributed by atoms with Gasteiger partial charge in [0.25, 0.3) is 0 Å². The van der Waals surface area contributed by atoms with E-state index in [1.165, 1.54) is 23.1 Å². The SMILES string of the molecule is CCN(C(=O)O)c1ccc(-c2ncn(-c3ccc(OC(F)(F)C(F)(F)F)cc3)n2)cc1. The van der Waals surface area contributed by atoms with Crippen LogP contribution >= 0.6 is 0 Å². The van der Waals surface area contributed by atoms with Crippen LogP contribution in [0.25, 0.3) is 17.1 Å². The first-order valence-corrected chi connectivity index (χ1v) is 8.78. The van der Waals surface area contributed by atoms with Crippen molar-refractivity contribution in [3.63, 3.8) is 0 Å². The minimum absolute atomic E-state index is 0.274. The monoisotopic (exact) mass is 442 g/mol. The van der Waals surface area contributed by atoms with E-state index in [2.05, 4.69) is 14.8 Å². The summed E-state index contributed by atoms with van der Waals surface area (Å²) in [4.78, 5) is 16.5. The van der Waals surface area contributed by atoms with Crippen molar-refractivity contribution >= 4 is 11.8 Å². The van der Waals surface area contributed by atoms with Gasteiger partial charge in [0.05, 0.1) is 5.69 Å². The molecule has 1 heterocycles. The van der Waals surface area contributed by atoms with Crippen LogP contribution in [0.4, 0.5) is 32.4 Å². The molecule has 3 rings (SSSR count). The summed E-state index contributed by atoms with van der Waals surface area (Å²) < 4.78 is 67.6. The van der Waals surface area contributed by atoms with Gasteiger partial charge >= 0.3 is 18.4 Å². The predicted molar refractivity (Wildman–Crippen MR) is 99.5 cm³/mol. The van der Waals surface area contributed by atoms with Gasteiger partial charge in [-0.05, 0) is 55.5 Å². The molecule has 7 nitrogen and oxygen atoms in total. The molecular formula is C19H15F5N4O3. The first kappa shape index (κ1) is 22.0. The minimum atomic E-state index is -5.83. The van der Waals surface area contributed by atoms with E-state index in [9.17, 15) is 26.7 Å². The fraction of sp³-hybridized carbons (Fsp3) is 0.211. The quantitative estimate of drug-likeness (QED) is 0.545. The van der Waals surface area contributed by atoms with Crippen molar-refractivity contribution in [1.29, 1.82) is 0 Å². The fourth-order valence-corrected chi connectivity index (χ4v) is 2.61. The van der Waals surface area contributed by atoms with Gasteiger partial charge in [0.2, 0.25) is 0 Å². The largest absolute Gasteiger partial charge is 0.499 e. The van der Waals surface area contributed by atoms with Gasteiger partial charge in [-0.15, -0.1) is 5.10 Å². The molecule has 0 saturated heterocycles. The third kappa shape index (κ3) is 4.73. The lowest BCUT2D eigenvalue weighted by molar-refractivity contribution is -0.360. The van der Waals surface area contributed by atoms with Crippen molar-refractivity contribution in [2.75, 3.05) is 11.4 Å². The highest BCUT2D eigenvalue weighted by atomic mass is 19.4. The Labute approximate surface area is 172 Å². The van der Waals surface area contributed by atoms with Crippen molar-refractivity contribution < 1.29 is 36.6 Å². The van der Waals surface area contributed by atoms with Crippen LogP contribution in [-0.2, 0) is 0 Å². The maximum atomic E-state index is 13.0. The molecule has 0 aliphatic heterocycles.